The van der Waals surface area contributed by atoms with Crippen molar-refractivity contribution in [1.29, 1.82) is 0 Å². The molecule has 0 N–H and O–H groups in total. The molecule has 0 bridgehead atoms. The fourth-order valence-electron chi connectivity index (χ4n) is 14.4. The Balaban J connectivity index is 0.784. The highest BCUT2D eigenvalue weighted by Crippen LogP contribution is 2.49. The molecule has 18 rings (SSSR count). The normalized spacial score (nSPS) is 11.7. The van der Waals surface area contributed by atoms with Crippen LogP contribution >= 0.6 is 11.3 Å². The van der Waals surface area contributed by atoms with Crippen LogP contribution in [0.2, 0.25) is 0 Å². The van der Waals surface area contributed by atoms with Crippen molar-refractivity contribution in [3.8, 4) is 44.5 Å². The van der Waals surface area contributed by atoms with E-state index in [0.717, 1.165) is 45.3 Å². The molecule has 2 nitrogen and oxygen atoms in total. The van der Waals surface area contributed by atoms with Gasteiger partial charge in [-0.2, -0.15) is 0 Å². The van der Waals surface area contributed by atoms with Gasteiger partial charge in [0, 0.05) is 53.9 Å². The third-order valence-electron chi connectivity index (χ3n) is 18.8. The van der Waals surface area contributed by atoms with Gasteiger partial charge >= 0.3 is 0 Å². The van der Waals surface area contributed by atoms with Gasteiger partial charge in [0.05, 0.1) is 11.4 Å². The van der Waals surface area contributed by atoms with Gasteiger partial charge in [-0.15, -0.1) is 11.3 Å². The van der Waals surface area contributed by atoms with Crippen molar-refractivity contribution in [2.45, 2.75) is 0 Å². The molecule has 17 aromatic carbocycles. The summed E-state index contributed by atoms with van der Waals surface area (Å²) in [5, 5.41) is 19.9. The molecule has 0 aliphatic rings. The van der Waals surface area contributed by atoms with Crippen LogP contribution in [0.4, 0.5) is 34.1 Å². The zero-order valence-electron chi connectivity index (χ0n) is 49.6. The predicted octanol–water partition coefficient (Wildman–Crippen LogP) is 25.7. The smallest absolute Gasteiger partial charge is 0.0546 e. The van der Waals surface area contributed by atoms with E-state index < -0.39 is 0 Å². The Labute approximate surface area is 531 Å². The summed E-state index contributed by atoms with van der Waals surface area (Å²) in [7, 11) is 0. The van der Waals surface area contributed by atoms with Crippen molar-refractivity contribution in [3.63, 3.8) is 0 Å². The summed E-state index contributed by atoms with van der Waals surface area (Å²) >= 11 is 1.88. The molecule has 0 amide bonds. The van der Waals surface area contributed by atoms with Gasteiger partial charge in [0.15, 0.2) is 0 Å². The summed E-state index contributed by atoms with van der Waals surface area (Å²) in [6, 6.07) is 126. The van der Waals surface area contributed by atoms with Gasteiger partial charge in [-0.3, -0.25) is 0 Å². The van der Waals surface area contributed by atoms with E-state index >= 15 is 0 Å². The third kappa shape index (κ3) is 9.00. The molecule has 0 aliphatic carbocycles. The van der Waals surface area contributed by atoms with Crippen LogP contribution < -0.4 is 9.80 Å². The molecule has 0 saturated heterocycles. The number of nitrogens with zero attached hydrogens (tertiary/aromatic N) is 2. The van der Waals surface area contributed by atoms with Gasteiger partial charge in [0.2, 0.25) is 0 Å². The lowest BCUT2D eigenvalue weighted by Crippen LogP contribution is -2.12. The number of fused-ring (bicyclic) bond motifs is 14. The summed E-state index contributed by atoms with van der Waals surface area (Å²) in [5.41, 5.74) is 15.9. The fraction of sp³-hybridized carbons (Fsp3) is 0. The van der Waals surface area contributed by atoms with Crippen molar-refractivity contribution in [2.75, 3.05) is 9.80 Å². The van der Waals surface area contributed by atoms with Crippen molar-refractivity contribution in [2.24, 2.45) is 0 Å². The lowest BCUT2D eigenvalue weighted by Gasteiger charge is -2.30. The molecule has 1 heterocycles. The van der Waals surface area contributed by atoms with Crippen LogP contribution in [0.15, 0.2) is 340 Å². The molecule has 424 valence electrons. The van der Waals surface area contributed by atoms with Crippen molar-refractivity contribution in [1.82, 2.24) is 0 Å². The minimum atomic E-state index is 1.06. The van der Waals surface area contributed by atoms with E-state index in [1.165, 1.54) is 129 Å². The zero-order valence-corrected chi connectivity index (χ0v) is 50.5. The molecule has 0 aliphatic heterocycles. The molecule has 18 aromatic rings. The van der Waals surface area contributed by atoms with Crippen LogP contribution in [0.25, 0.3) is 140 Å². The molecule has 1 aromatic heterocycles. The van der Waals surface area contributed by atoms with Gasteiger partial charge in [-0.1, -0.05) is 255 Å². The van der Waals surface area contributed by atoms with Crippen LogP contribution in [-0.4, -0.2) is 0 Å². The minimum Gasteiger partial charge on any atom is -0.310 e. The number of benzene rings is 17. The predicted molar refractivity (Wildman–Crippen MR) is 393 cm³/mol. The molecular weight excluding hydrogens is 1120 g/mol. The van der Waals surface area contributed by atoms with Crippen molar-refractivity contribution >= 4 is 141 Å². The van der Waals surface area contributed by atoms with E-state index in [9.17, 15) is 0 Å². The van der Waals surface area contributed by atoms with Crippen molar-refractivity contribution in [3.05, 3.63) is 340 Å². The Morgan fingerprint density at radius 2 is 0.648 bits per heavy atom. The van der Waals surface area contributed by atoms with Gasteiger partial charge in [-0.25, -0.2) is 0 Å². The summed E-state index contributed by atoms with van der Waals surface area (Å²) < 4.78 is 2.62. The highest BCUT2D eigenvalue weighted by Gasteiger charge is 2.23. The number of anilines is 6. The van der Waals surface area contributed by atoms with Crippen molar-refractivity contribution < 1.29 is 0 Å². The van der Waals surface area contributed by atoms with Gasteiger partial charge in [0.25, 0.3) is 0 Å². The molecule has 3 heteroatoms. The Bertz CT molecular complexity index is 5900. The average Bonchev–Trinajstić information content (AvgIpc) is 1.80. The molecule has 0 atom stereocenters. The maximum absolute atomic E-state index is 2.47. The summed E-state index contributed by atoms with van der Waals surface area (Å²) in [6.45, 7) is 0. The van der Waals surface area contributed by atoms with E-state index in [2.05, 4.69) is 350 Å². The van der Waals surface area contributed by atoms with E-state index in [-0.39, 0.29) is 0 Å². The second kappa shape index (κ2) is 21.6. The molecular formula is C88H56N2S. The second-order valence-electron chi connectivity index (χ2n) is 23.9. The Morgan fingerprint density at radius 3 is 1.37 bits per heavy atom. The monoisotopic (exact) mass is 1170 g/mol. The largest absolute Gasteiger partial charge is 0.310 e. The Kier molecular flexibility index (Phi) is 12.5. The average molecular weight is 1170 g/mol. The molecule has 0 unspecified atom stereocenters. The second-order valence-corrected chi connectivity index (χ2v) is 25.0. The van der Waals surface area contributed by atoms with Gasteiger partial charge in [-0.05, 0) is 194 Å². The molecule has 0 radical (unpaired) electrons. The standard InChI is InChI=1S/C88H56N2S/c1-2-17-57(18-3-1)61-41-49-75-66(51-61)35-36-67-54-71(47-50-76(67)75)89(68-43-37-58(38-44-68)62-42-48-74-65(52-62)34-33-59-19-4-6-23-72(59)74)84-31-14-12-25-77(84)63-21-16-22-70(53-63)90(85-55-64-20-5-7-24-73(64)78-26-8-10-28-80(78)85)69-45-39-60(40-46-69)83-56-87-88(81-29-11-9-27-79(81)83)82-30-13-15-32-86(82)91-87/h1-56H. The third-order valence-corrected chi connectivity index (χ3v) is 19.9. The minimum absolute atomic E-state index is 1.06. The highest BCUT2D eigenvalue weighted by atomic mass is 32.1. The van der Waals surface area contributed by atoms with E-state index in [1.54, 1.807) is 0 Å². The van der Waals surface area contributed by atoms with Crippen LogP contribution in [0.3, 0.4) is 0 Å². The maximum Gasteiger partial charge on any atom is 0.0546 e. The summed E-state index contributed by atoms with van der Waals surface area (Å²) in [5.74, 6) is 0. The SMILES string of the molecule is c1ccc(-c2ccc3c(ccc4cc(N(c5ccc(-c6ccc7c(ccc8ccccc87)c6)cc5)c5ccccc5-c5cccc(N(c6ccc(-c7cc8sc9ccccc9c8c8ccccc78)cc6)c6cc7ccccc7c7ccccc67)c5)ccc43)c2)cc1. The topological polar surface area (TPSA) is 6.48 Å². The highest BCUT2D eigenvalue weighted by molar-refractivity contribution is 7.26. The fourth-order valence-corrected chi connectivity index (χ4v) is 15.6. The summed E-state index contributed by atoms with van der Waals surface area (Å²) in [4.78, 5) is 4.92. The zero-order chi connectivity index (χ0) is 59.9. The molecule has 0 spiro atoms. The number of hydrogen-bond donors (Lipinski definition) is 0. The lowest BCUT2D eigenvalue weighted by atomic mass is 9.94. The van der Waals surface area contributed by atoms with Crippen LogP contribution in [0.5, 0.6) is 0 Å². The number of thiophene rings is 1. The first-order valence-corrected chi connectivity index (χ1v) is 32.1. The molecule has 0 fully saturated rings. The van der Waals surface area contributed by atoms with E-state index in [0.29, 0.717) is 0 Å². The first kappa shape index (κ1) is 52.5. The Hall–Kier alpha value is -11.6. The molecule has 0 saturated carbocycles. The lowest BCUT2D eigenvalue weighted by molar-refractivity contribution is 1.28. The number of para-hydroxylation sites is 1. The van der Waals surface area contributed by atoms with Crippen LogP contribution in [0, 0.1) is 0 Å². The quantitative estimate of drug-likeness (QED) is 0.126. The first-order chi connectivity index (χ1) is 45.1. The number of rotatable bonds is 10. The number of hydrogen-bond acceptors (Lipinski definition) is 3. The molecule has 91 heavy (non-hydrogen) atoms. The van der Waals surface area contributed by atoms with Crippen LogP contribution in [-0.2, 0) is 0 Å². The maximum atomic E-state index is 2.47. The van der Waals surface area contributed by atoms with E-state index in [1.807, 2.05) is 11.3 Å². The van der Waals surface area contributed by atoms with Gasteiger partial charge < -0.3 is 9.80 Å². The van der Waals surface area contributed by atoms with Crippen LogP contribution in [0.1, 0.15) is 0 Å². The summed E-state index contributed by atoms with van der Waals surface area (Å²) in [6.07, 6.45) is 0. The van der Waals surface area contributed by atoms with Gasteiger partial charge in [0.1, 0.15) is 0 Å². The van der Waals surface area contributed by atoms with E-state index in [4.69, 9.17) is 0 Å². The first-order valence-electron chi connectivity index (χ1n) is 31.3. The Morgan fingerprint density at radius 1 is 0.187 bits per heavy atom.